The van der Waals surface area contributed by atoms with Gasteiger partial charge in [0.05, 0.1) is 21.8 Å². The number of aryl methyl sites for hydroxylation is 2. The summed E-state index contributed by atoms with van der Waals surface area (Å²) in [4.78, 5) is 11.0. The lowest BCUT2D eigenvalue weighted by Crippen LogP contribution is -2.01. The van der Waals surface area contributed by atoms with E-state index in [1.807, 2.05) is 6.92 Å². The van der Waals surface area contributed by atoms with Crippen molar-refractivity contribution < 1.29 is 19.2 Å². The Labute approximate surface area is 114 Å². The first-order valence-corrected chi connectivity index (χ1v) is 5.94. The van der Waals surface area contributed by atoms with Gasteiger partial charge in [0.25, 0.3) is 0 Å². The predicted molar refractivity (Wildman–Crippen MR) is 68.7 cm³/mol. The maximum atomic E-state index is 11.0. The SMILES string of the molecule is Cc1noc(C)c1COc1ccc(Cl)c(C(=O)O)c1. The summed E-state index contributed by atoms with van der Waals surface area (Å²) >= 11 is 5.78. The molecule has 2 rings (SSSR count). The third-order valence-electron chi connectivity index (χ3n) is 2.73. The molecule has 1 aromatic carbocycles. The van der Waals surface area contributed by atoms with Crippen molar-refractivity contribution in [2.45, 2.75) is 20.5 Å². The molecule has 0 aliphatic rings. The van der Waals surface area contributed by atoms with Gasteiger partial charge in [0, 0.05) is 0 Å². The van der Waals surface area contributed by atoms with Gasteiger partial charge >= 0.3 is 5.97 Å². The fraction of sp³-hybridized carbons (Fsp3) is 0.231. The van der Waals surface area contributed by atoms with Crippen molar-refractivity contribution in [3.05, 3.63) is 45.8 Å². The van der Waals surface area contributed by atoms with Gasteiger partial charge in [-0.05, 0) is 32.0 Å². The highest BCUT2D eigenvalue weighted by Gasteiger charge is 2.12. The molecule has 0 aliphatic heterocycles. The Balaban J connectivity index is 2.16. The van der Waals surface area contributed by atoms with Gasteiger partial charge in [-0.15, -0.1) is 0 Å². The summed E-state index contributed by atoms with van der Waals surface area (Å²) in [5.74, 6) is 0.0273. The van der Waals surface area contributed by atoms with Crippen molar-refractivity contribution in [1.29, 1.82) is 0 Å². The van der Waals surface area contributed by atoms with Crippen LogP contribution in [0.3, 0.4) is 0 Å². The molecule has 0 saturated heterocycles. The van der Waals surface area contributed by atoms with Gasteiger partial charge in [-0.1, -0.05) is 16.8 Å². The zero-order chi connectivity index (χ0) is 14.0. The molecule has 0 radical (unpaired) electrons. The second kappa shape index (κ2) is 5.32. The van der Waals surface area contributed by atoms with Crippen LogP contribution in [0.4, 0.5) is 0 Å². The van der Waals surface area contributed by atoms with Crippen LogP contribution in [0.25, 0.3) is 0 Å². The van der Waals surface area contributed by atoms with Gasteiger partial charge in [0.1, 0.15) is 18.1 Å². The van der Waals surface area contributed by atoms with E-state index >= 15 is 0 Å². The van der Waals surface area contributed by atoms with Crippen LogP contribution in [-0.2, 0) is 6.61 Å². The monoisotopic (exact) mass is 281 g/mol. The zero-order valence-corrected chi connectivity index (χ0v) is 11.2. The fourth-order valence-corrected chi connectivity index (χ4v) is 1.82. The predicted octanol–water partition coefficient (Wildman–Crippen LogP) is 3.22. The summed E-state index contributed by atoms with van der Waals surface area (Å²) in [5.41, 5.74) is 1.62. The molecule has 1 N–H and O–H groups in total. The van der Waals surface area contributed by atoms with E-state index in [1.54, 1.807) is 13.0 Å². The number of carboxylic acids is 1. The summed E-state index contributed by atoms with van der Waals surface area (Å²) in [7, 11) is 0. The molecule has 19 heavy (non-hydrogen) atoms. The second-order valence-electron chi connectivity index (χ2n) is 4.04. The van der Waals surface area contributed by atoms with Crippen LogP contribution in [0.1, 0.15) is 27.4 Å². The molecule has 1 heterocycles. The Kier molecular flexibility index (Phi) is 3.76. The first-order valence-electron chi connectivity index (χ1n) is 5.56. The van der Waals surface area contributed by atoms with Crippen LogP contribution in [0.2, 0.25) is 5.02 Å². The van der Waals surface area contributed by atoms with Crippen LogP contribution in [-0.4, -0.2) is 16.2 Å². The number of carbonyl (C=O) groups is 1. The molecule has 0 bridgehead atoms. The molecule has 0 aliphatic carbocycles. The Morgan fingerprint density at radius 1 is 1.47 bits per heavy atom. The average molecular weight is 282 g/mol. The first-order chi connectivity index (χ1) is 8.99. The van der Waals surface area contributed by atoms with Crippen LogP contribution in [0.15, 0.2) is 22.7 Å². The van der Waals surface area contributed by atoms with E-state index in [2.05, 4.69) is 5.16 Å². The third kappa shape index (κ3) is 2.88. The standard InChI is InChI=1S/C13H12ClNO4/c1-7-11(8(2)19-15-7)6-18-9-3-4-12(14)10(5-9)13(16)17/h3-5H,6H2,1-2H3,(H,16,17). The normalized spacial score (nSPS) is 10.5. The Bertz CT molecular complexity index is 602. The van der Waals surface area contributed by atoms with Crippen LogP contribution < -0.4 is 4.74 Å². The van der Waals surface area contributed by atoms with Crippen LogP contribution in [0.5, 0.6) is 5.75 Å². The molecule has 100 valence electrons. The van der Waals surface area contributed by atoms with Gasteiger partial charge in [0.2, 0.25) is 0 Å². The second-order valence-corrected chi connectivity index (χ2v) is 4.45. The van der Waals surface area contributed by atoms with E-state index in [4.69, 9.17) is 26.0 Å². The molecule has 5 nitrogen and oxygen atoms in total. The molecule has 0 spiro atoms. The minimum Gasteiger partial charge on any atom is -0.489 e. The number of hydrogen-bond acceptors (Lipinski definition) is 4. The third-order valence-corrected chi connectivity index (χ3v) is 3.06. The van der Waals surface area contributed by atoms with E-state index in [9.17, 15) is 4.79 Å². The van der Waals surface area contributed by atoms with Gasteiger partial charge in [-0.25, -0.2) is 4.79 Å². The Morgan fingerprint density at radius 3 is 2.79 bits per heavy atom. The van der Waals surface area contributed by atoms with E-state index in [-0.39, 0.29) is 17.2 Å². The maximum Gasteiger partial charge on any atom is 0.337 e. The van der Waals surface area contributed by atoms with Gasteiger partial charge in [-0.3, -0.25) is 0 Å². The molecule has 0 atom stereocenters. The molecule has 6 heteroatoms. The summed E-state index contributed by atoms with van der Waals surface area (Å²) in [6.07, 6.45) is 0. The van der Waals surface area contributed by atoms with Crippen molar-refractivity contribution in [3.63, 3.8) is 0 Å². The van der Waals surface area contributed by atoms with Crippen LogP contribution >= 0.6 is 11.6 Å². The molecule has 0 saturated carbocycles. The number of carboxylic acid groups (broad SMARTS) is 1. The molecular formula is C13H12ClNO4. The molecule has 1 aromatic heterocycles. The zero-order valence-electron chi connectivity index (χ0n) is 10.4. The van der Waals surface area contributed by atoms with Crippen molar-refractivity contribution in [2.75, 3.05) is 0 Å². The number of hydrogen-bond donors (Lipinski definition) is 1. The molecule has 0 unspecified atom stereocenters. The fourth-order valence-electron chi connectivity index (χ4n) is 1.62. The number of nitrogens with zero attached hydrogens (tertiary/aromatic N) is 1. The van der Waals surface area contributed by atoms with Crippen molar-refractivity contribution in [3.8, 4) is 5.75 Å². The summed E-state index contributed by atoms with van der Waals surface area (Å²) < 4.78 is 10.6. The maximum absolute atomic E-state index is 11.0. The number of rotatable bonds is 4. The largest absolute Gasteiger partial charge is 0.489 e. The number of aromatic carboxylic acids is 1. The lowest BCUT2D eigenvalue weighted by Gasteiger charge is -2.07. The van der Waals surface area contributed by atoms with Crippen molar-refractivity contribution in [2.24, 2.45) is 0 Å². The Hall–Kier alpha value is -2.01. The summed E-state index contributed by atoms with van der Waals surface area (Å²) in [6, 6.07) is 4.50. The number of halogens is 1. The van der Waals surface area contributed by atoms with Crippen molar-refractivity contribution >= 4 is 17.6 Å². The Morgan fingerprint density at radius 2 is 2.21 bits per heavy atom. The van der Waals surface area contributed by atoms with E-state index < -0.39 is 5.97 Å². The summed E-state index contributed by atoms with van der Waals surface area (Å²) in [5, 5.41) is 13.0. The lowest BCUT2D eigenvalue weighted by atomic mass is 10.2. The quantitative estimate of drug-likeness (QED) is 0.931. The molecule has 2 aromatic rings. The molecule has 0 fully saturated rings. The first kappa shape index (κ1) is 13.4. The average Bonchev–Trinajstić information content (AvgIpc) is 2.68. The van der Waals surface area contributed by atoms with E-state index in [0.29, 0.717) is 11.5 Å². The van der Waals surface area contributed by atoms with Gasteiger partial charge < -0.3 is 14.4 Å². The molecule has 0 amide bonds. The lowest BCUT2D eigenvalue weighted by molar-refractivity contribution is 0.0696. The number of benzene rings is 1. The summed E-state index contributed by atoms with van der Waals surface area (Å²) in [6.45, 7) is 3.88. The minimum absolute atomic E-state index is 0.0120. The highest BCUT2D eigenvalue weighted by atomic mass is 35.5. The minimum atomic E-state index is -1.09. The van der Waals surface area contributed by atoms with Gasteiger partial charge in [-0.2, -0.15) is 0 Å². The van der Waals surface area contributed by atoms with Crippen molar-refractivity contribution in [1.82, 2.24) is 5.16 Å². The number of aromatic nitrogens is 1. The smallest absolute Gasteiger partial charge is 0.337 e. The van der Waals surface area contributed by atoms with Gasteiger partial charge in [0.15, 0.2) is 0 Å². The highest BCUT2D eigenvalue weighted by molar-refractivity contribution is 6.33. The molecular weight excluding hydrogens is 270 g/mol. The van der Waals surface area contributed by atoms with Crippen LogP contribution in [0, 0.1) is 13.8 Å². The highest BCUT2D eigenvalue weighted by Crippen LogP contribution is 2.23. The van der Waals surface area contributed by atoms with E-state index in [1.165, 1.54) is 12.1 Å². The van der Waals surface area contributed by atoms with E-state index in [0.717, 1.165) is 11.3 Å². The topological polar surface area (TPSA) is 72.6 Å². The number of ether oxygens (including phenoxy) is 1.